The fourth-order valence-corrected chi connectivity index (χ4v) is 1.79. The molecule has 2 aromatic carbocycles. The van der Waals surface area contributed by atoms with Crippen molar-refractivity contribution in [3.8, 4) is 0 Å². The smallest absolute Gasteiger partial charge is 0.0562 e. The Morgan fingerprint density at radius 1 is 1.06 bits per heavy atom. The zero-order chi connectivity index (χ0) is 12.1. The van der Waals surface area contributed by atoms with Gasteiger partial charge >= 0.3 is 0 Å². The summed E-state index contributed by atoms with van der Waals surface area (Å²) < 4.78 is 1.02. The second-order valence-electron chi connectivity index (χ2n) is 3.40. The highest BCUT2D eigenvalue weighted by Crippen LogP contribution is 2.15. The minimum absolute atomic E-state index is 0.713. The van der Waals surface area contributed by atoms with Crippen LogP contribution in [0.25, 0.3) is 0 Å². The van der Waals surface area contributed by atoms with Crippen LogP contribution in [-0.4, -0.2) is 6.21 Å². The number of rotatable bonds is 3. The Morgan fingerprint density at radius 2 is 1.76 bits per heavy atom. The number of nitrogens with zero attached hydrogens (tertiary/aromatic N) is 1. The highest BCUT2D eigenvalue weighted by Gasteiger charge is 1.93. The number of halogens is 2. The molecule has 0 spiro atoms. The standard InChI is InChI=1S/C13H10BrClN2/c14-13-4-2-1-3-10(13)9-16-17-12-7-5-11(15)6-8-12/h1-9,17H/b16-9-. The molecule has 0 heterocycles. The molecule has 0 radical (unpaired) electrons. The molecule has 2 nitrogen and oxygen atoms in total. The van der Waals surface area contributed by atoms with Crippen molar-refractivity contribution in [2.24, 2.45) is 5.10 Å². The molecular formula is C13H10BrClN2. The van der Waals surface area contributed by atoms with Crippen molar-refractivity contribution in [2.75, 3.05) is 5.43 Å². The Morgan fingerprint density at radius 3 is 2.47 bits per heavy atom. The predicted octanol–water partition coefficient (Wildman–Crippen LogP) is 4.55. The molecule has 0 aliphatic heterocycles. The van der Waals surface area contributed by atoms with Crippen molar-refractivity contribution < 1.29 is 0 Å². The fourth-order valence-electron chi connectivity index (χ4n) is 1.28. The second kappa shape index (κ2) is 5.84. The van der Waals surface area contributed by atoms with Crippen LogP contribution in [0.5, 0.6) is 0 Å². The third-order valence-electron chi connectivity index (χ3n) is 2.15. The Kier molecular flexibility index (Phi) is 4.18. The summed E-state index contributed by atoms with van der Waals surface area (Å²) in [5.41, 5.74) is 4.86. The maximum absolute atomic E-state index is 5.79. The first kappa shape index (κ1) is 12.1. The number of anilines is 1. The van der Waals surface area contributed by atoms with Gasteiger partial charge < -0.3 is 0 Å². The van der Waals surface area contributed by atoms with Crippen LogP contribution >= 0.6 is 27.5 Å². The lowest BCUT2D eigenvalue weighted by Crippen LogP contribution is -1.90. The van der Waals surface area contributed by atoms with Crippen LogP contribution in [0.2, 0.25) is 5.02 Å². The zero-order valence-electron chi connectivity index (χ0n) is 8.90. The van der Waals surface area contributed by atoms with E-state index in [0.717, 1.165) is 15.7 Å². The largest absolute Gasteiger partial charge is 0.279 e. The number of nitrogens with one attached hydrogen (secondary N) is 1. The molecule has 0 saturated heterocycles. The second-order valence-corrected chi connectivity index (χ2v) is 4.69. The van der Waals surface area contributed by atoms with E-state index < -0.39 is 0 Å². The van der Waals surface area contributed by atoms with Crippen molar-refractivity contribution in [1.82, 2.24) is 0 Å². The SMILES string of the molecule is Clc1ccc(N/N=C\c2ccccc2Br)cc1. The Balaban J connectivity index is 2.03. The predicted molar refractivity (Wildman–Crippen MR) is 76.8 cm³/mol. The molecule has 0 aliphatic rings. The van der Waals surface area contributed by atoms with Gasteiger partial charge in [0.15, 0.2) is 0 Å². The maximum atomic E-state index is 5.79. The summed E-state index contributed by atoms with van der Waals surface area (Å²) in [7, 11) is 0. The van der Waals surface area contributed by atoms with Gasteiger partial charge in [-0.15, -0.1) is 0 Å². The Labute approximate surface area is 113 Å². The van der Waals surface area contributed by atoms with E-state index in [4.69, 9.17) is 11.6 Å². The lowest BCUT2D eigenvalue weighted by Gasteiger charge is -2.00. The summed E-state index contributed by atoms with van der Waals surface area (Å²) >= 11 is 9.25. The van der Waals surface area contributed by atoms with Gasteiger partial charge in [-0.2, -0.15) is 5.10 Å². The van der Waals surface area contributed by atoms with Gasteiger partial charge in [0, 0.05) is 15.1 Å². The van der Waals surface area contributed by atoms with Crippen LogP contribution in [0, 0.1) is 0 Å². The van der Waals surface area contributed by atoms with Gasteiger partial charge in [0.25, 0.3) is 0 Å². The van der Waals surface area contributed by atoms with Crippen molar-refractivity contribution >= 4 is 39.4 Å². The molecule has 0 fully saturated rings. The molecule has 86 valence electrons. The average Bonchev–Trinajstić information content (AvgIpc) is 2.34. The van der Waals surface area contributed by atoms with E-state index in [1.807, 2.05) is 48.5 Å². The van der Waals surface area contributed by atoms with Gasteiger partial charge in [-0.3, -0.25) is 5.43 Å². The summed E-state index contributed by atoms with van der Waals surface area (Å²) in [6, 6.07) is 15.3. The third kappa shape index (κ3) is 3.58. The minimum Gasteiger partial charge on any atom is -0.279 e. The van der Waals surface area contributed by atoms with E-state index in [1.165, 1.54) is 0 Å². The number of benzene rings is 2. The number of hydrogen-bond donors (Lipinski definition) is 1. The summed E-state index contributed by atoms with van der Waals surface area (Å²) in [5.74, 6) is 0. The molecule has 4 heteroatoms. The van der Waals surface area contributed by atoms with Gasteiger partial charge in [0.1, 0.15) is 0 Å². The van der Waals surface area contributed by atoms with Gasteiger partial charge in [-0.1, -0.05) is 45.7 Å². The van der Waals surface area contributed by atoms with Crippen molar-refractivity contribution in [1.29, 1.82) is 0 Å². The highest BCUT2D eigenvalue weighted by molar-refractivity contribution is 9.10. The van der Waals surface area contributed by atoms with Gasteiger partial charge in [0.2, 0.25) is 0 Å². The fraction of sp³-hybridized carbons (Fsp3) is 0. The monoisotopic (exact) mass is 308 g/mol. The third-order valence-corrected chi connectivity index (χ3v) is 3.12. The quantitative estimate of drug-likeness (QED) is 0.653. The first-order valence-corrected chi connectivity index (χ1v) is 6.22. The minimum atomic E-state index is 0.713. The van der Waals surface area contributed by atoms with Crippen LogP contribution in [0.4, 0.5) is 5.69 Å². The van der Waals surface area contributed by atoms with Crippen LogP contribution in [0.15, 0.2) is 58.1 Å². The molecule has 2 aromatic rings. The van der Waals surface area contributed by atoms with Crippen LogP contribution in [-0.2, 0) is 0 Å². The van der Waals surface area contributed by atoms with Crippen molar-refractivity contribution in [2.45, 2.75) is 0 Å². The molecule has 0 bridgehead atoms. The van der Waals surface area contributed by atoms with Crippen LogP contribution in [0.3, 0.4) is 0 Å². The molecule has 1 N–H and O–H groups in total. The molecule has 17 heavy (non-hydrogen) atoms. The van der Waals surface area contributed by atoms with Gasteiger partial charge in [-0.05, 0) is 30.3 Å². The van der Waals surface area contributed by atoms with Gasteiger partial charge in [0.05, 0.1) is 11.9 Å². The van der Waals surface area contributed by atoms with E-state index in [9.17, 15) is 0 Å². The molecule has 0 aromatic heterocycles. The first-order valence-electron chi connectivity index (χ1n) is 5.05. The normalized spacial score (nSPS) is 10.7. The summed E-state index contributed by atoms with van der Waals surface area (Å²) in [4.78, 5) is 0. The molecular weight excluding hydrogens is 300 g/mol. The summed E-state index contributed by atoms with van der Waals surface area (Å²) in [6.07, 6.45) is 1.76. The van der Waals surface area contributed by atoms with E-state index in [-0.39, 0.29) is 0 Å². The average molecular weight is 310 g/mol. The Bertz CT molecular complexity index is 523. The first-order chi connectivity index (χ1) is 8.25. The summed E-state index contributed by atoms with van der Waals surface area (Å²) in [5, 5.41) is 4.87. The van der Waals surface area contributed by atoms with Crippen molar-refractivity contribution in [3.05, 3.63) is 63.6 Å². The van der Waals surface area contributed by atoms with E-state index in [2.05, 4.69) is 26.5 Å². The van der Waals surface area contributed by atoms with Crippen LogP contribution in [0.1, 0.15) is 5.56 Å². The molecule has 0 atom stereocenters. The maximum Gasteiger partial charge on any atom is 0.0562 e. The van der Waals surface area contributed by atoms with E-state index in [1.54, 1.807) is 6.21 Å². The Hall–Kier alpha value is -1.32. The molecule has 0 amide bonds. The van der Waals surface area contributed by atoms with E-state index >= 15 is 0 Å². The zero-order valence-corrected chi connectivity index (χ0v) is 11.2. The molecule has 0 unspecified atom stereocenters. The molecule has 0 saturated carbocycles. The summed E-state index contributed by atoms with van der Waals surface area (Å²) in [6.45, 7) is 0. The molecule has 2 rings (SSSR count). The lowest BCUT2D eigenvalue weighted by atomic mass is 10.2. The van der Waals surface area contributed by atoms with Crippen molar-refractivity contribution in [3.63, 3.8) is 0 Å². The topological polar surface area (TPSA) is 24.4 Å². The highest BCUT2D eigenvalue weighted by atomic mass is 79.9. The lowest BCUT2D eigenvalue weighted by molar-refractivity contribution is 1.35. The number of hydrogen-bond acceptors (Lipinski definition) is 2. The number of hydrazone groups is 1. The van der Waals surface area contributed by atoms with E-state index in [0.29, 0.717) is 5.02 Å². The molecule has 0 aliphatic carbocycles. The van der Waals surface area contributed by atoms with Crippen LogP contribution < -0.4 is 5.43 Å². The van der Waals surface area contributed by atoms with Gasteiger partial charge in [-0.25, -0.2) is 0 Å².